The van der Waals surface area contributed by atoms with E-state index in [0.29, 0.717) is 68.5 Å². The number of aryl methyl sites for hydroxylation is 7. The summed E-state index contributed by atoms with van der Waals surface area (Å²) in [6, 6.07) is 32.9. The van der Waals surface area contributed by atoms with Gasteiger partial charge in [-0.25, -0.2) is 41.9 Å². The lowest BCUT2D eigenvalue weighted by atomic mass is 10.1. The smallest absolute Gasteiger partial charge is 0.187 e. The Morgan fingerprint density at radius 2 is 0.620 bits per heavy atom. The molecule has 20 nitrogen and oxygen atoms in total. The molecule has 0 saturated carbocycles. The van der Waals surface area contributed by atoms with Crippen LogP contribution in [0.4, 0.5) is 22.0 Å². The fraction of sp³-hybridized carbons (Fsp3) is 0.147. The molecule has 0 aromatic carbocycles. The lowest BCUT2D eigenvalue weighted by Gasteiger charge is -2.08. The minimum absolute atomic E-state index is 0.0881. The van der Waals surface area contributed by atoms with Gasteiger partial charge in [0.25, 0.3) is 0 Å². The van der Waals surface area contributed by atoms with Crippen molar-refractivity contribution >= 4 is 23.1 Å². The van der Waals surface area contributed by atoms with Gasteiger partial charge in [0.15, 0.2) is 23.1 Å². The number of carbonyl (C=O) groups excluding carboxylic acids is 4. The van der Waals surface area contributed by atoms with E-state index in [1.165, 1.54) is 91.6 Å². The molecular formula is C75H61F5N12O8. The summed E-state index contributed by atoms with van der Waals surface area (Å²) in [6.07, 6.45) is 15.0. The third-order valence-corrected chi connectivity index (χ3v) is 13.5. The number of pyridine rings is 12. The first kappa shape index (κ1) is 71.6. The molecule has 504 valence electrons. The highest BCUT2D eigenvalue weighted by Crippen LogP contribution is 2.28. The van der Waals surface area contributed by atoms with Gasteiger partial charge >= 0.3 is 0 Å². The normalized spacial score (nSPS) is 10.5. The average Bonchev–Trinajstić information content (AvgIpc) is 0.862. The Hall–Kier alpha value is -12.7. The Morgan fingerprint density at radius 3 is 0.920 bits per heavy atom. The maximum Gasteiger partial charge on any atom is 0.187 e. The molecule has 0 amide bonds. The summed E-state index contributed by atoms with van der Waals surface area (Å²) in [5.74, 6) is -0.795. The standard InChI is InChI=1S/3C19H16FN3O2.C18H13F2N3O2/c2*1-12-3-4-15(22-9-12)7-19(24)18-8-16(5-13(2)23-18)25-17-6-14(20)10-21-11-17;1-12-4-3-5-15(22-12)8-19(24)18-9-16(6-13(2)23-18)25-17-7-14(20)10-21-11-17;1-11-4-15(25-16-6-13(20)9-21-10-16)8-17(23-11)18(24)7-14-5-12(19)2-3-22-14/h2*3-6,8-11H,7H2,1-2H3;3-7,9-11H,8H2,1-2H3;2-6,8-10H,7H2,1H3. The molecule has 100 heavy (non-hydrogen) atoms. The van der Waals surface area contributed by atoms with Crippen LogP contribution in [0.2, 0.25) is 0 Å². The molecule has 12 aromatic heterocycles. The number of aromatic nitrogens is 12. The van der Waals surface area contributed by atoms with Crippen molar-refractivity contribution in [2.45, 2.75) is 74.1 Å². The van der Waals surface area contributed by atoms with Crippen molar-refractivity contribution in [2.75, 3.05) is 0 Å². The third-order valence-electron chi connectivity index (χ3n) is 13.5. The van der Waals surface area contributed by atoms with Gasteiger partial charge in [-0.3, -0.25) is 59.0 Å². The van der Waals surface area contributed by atoms with E-state index in [2.05, 4.69) is 59.8 Å². The van der Waals surface area contributed by atoms with Crippen molar-refractivity contribution in [1.82, 2.24) is 59.8 Å². The Labute approximate surface area is 570 Å². The van der Waals surface area contributed by atoms with Gasteiger partial charge in [0.05, 0.1) is 81.0 Å². The third kappa shape index (κ3) is 22.7. The molecule has 0 radical (unpaired) electrons. The van der Waals surface area contributed by atoms with Gasteiger partial charge in [-0.2, -0.15) is 0 Å². The number of hydrogen-bond donors (Lipinski definition) is 0. The van der Waals surface area contributed by atoms with E-state index >= 15 is 0 Å². The van der Waals surface area contributed by atoms with Crippen molar-refractivity contribution in [2.24, 2.45) is 0 Å². The van der Waals surface area contributed by atoms with Crippen LogP contribution in [0.3, 0.4) is 0 Å². The zero-order valence-corrected chi connectivity index (χ0v) is 54.8. The second-order valence-corrected chi connectivity index (χ2v) is 22.4. The van der Waals surface area contributed by atoms with Crippen molar-refractivity contribution in [3.8, 4) is 46.0 Å². The minimum Gasteiger partial charge on any atom is -0.455 e. The highest BCUT2D eigenvalue weighted by atomic mass is 19.1. The molecule has 0 atom stereocenters. The zero-order chi connectivity index (χ0) is 71.2. The van der Waals surface area contributed by atoms with E-state index < -0.39 is 29.1 Å². The van der Waals surface area contributed by atoms with Crippen LogP contribution in [-0.4, -0.2) is 82.9 Å². The lowest BCUT2D eigenvalue weighted by molar-refractivity contribution is 0.0978. The number of carbonyl (C=O) groups is 4. The Balaban J connectivity index is 0.000000156. The van der Waals surface area contributed by atoms with Crippen LogP contribution in [0, 0.1) is 77.6 Å². The molecule has 0 bridgehead atoms. The van der Waals surface area contributed by atoms with E-state index in [4.69, 9.17) is 18.9 Å². The number of rotatable bonds is 20. The highest BCUT2D eigenvalue weighted by molar-refractivity contribution is 5.97. The molecule has 12 rings (SSSR count). The summed E-state index contributed by atoms with van der Waals surface area (Å²) in [6.45, 7) is 12.7. The van der Waals surface area contributed by atoms with Crippen molar-refractivity contribution in [3.05, 3.63) is 310 Å². The molecule has 12 aromatic rings. The molecule has 0 aliphatic heterocycles. The van der Waals surface area contributed by atoms with Crippen LogP contribution in [0.5, 0.6) is 46.0 Å². The van der Waals surface area contributed by atoms with E-state index in [-0.39, 0.29) is 94.6 Å². The molecule has 0 N–H and O–H groups in total. The Bertz CT molecular complexity index is 4600. The Kier molecular flexibility index (Phi) is 24.6. The van der Waals surface area contributed by atoms with Crippen LogP contribution in [-0.2, 0) is 25.7 Å². The fourth-order valence-corrected chi connectivity index (χ4v) is 9.16. The lowest BCUT2D eigenvalue weighted by Crippen LogP contribution is -2.08. The number of Topliss-reactive ketones (excluding diaryl/α,β-unsaturated/α-hetero) is 4. The predicted octanol–water partition coefficient (Wildman–Crippen LogP) is 15.2. The maximum absolute atomic E-state index is 13.2. The van der Waals surface area contributed by atoms with Gasteiger partial charge in [-0.1, -0.05) is 18.2 Å². The zero-order valence-electron chi connectivity index (χ0n) is 54.8. The summed E-state index contributed by atoms with van der Waals surface area (Å²) in [7, 11) is 0. The molecule has 0 aliphatic carbocycles. The molecule has 0 spiro atoms. The van der Waals surface area contributed by atoms with E-state index in [0.717, 1.165) is 41.6 Å². The highest BCUT2D eigenvalue weighted by Gasteiger charge is 2.18. The average molecular weight is 1350 g/mol. The molecular weight excluding hydrogens is 1290 g/mol. The molecule has 0 unspecified atom stereocenters. The van der Waals surface area contributed by atoms with Crippen molar-refractivity contribution < 1.29 is 60.1 Å². The second-order valence-electron chi connectivity index (χ2n) is 22.4. The quantitative estimate of drug-likeness (QED) is 0.0507. The van der Waals surface area contributed by atoms with Crippen LogP contribution in [0.1, 0.15) is 104 Å². The number of halogens is 5. The Morgan fingerprint density at radius 1 is 0.290 bits per heavy atom. The largest absolute Gasteiger partial charge is 0.455 e. The first-order valence-electron chi connectivity index (χ1n) is 30.5. The first-order chi connectivity index (χ1) is 48.0. The molecule has 0 saturated heterocycles. The van der Waals surface area contributed by atoms with E-state index in [1.807, 2.05) is 57.2 Å². The van der Waals surface area contributed by atoms with E-state index in [9.17, 15) is 41.1 Å². The van der Waals surface area contributed by atoms with Crippen LogP contribution in [0.15, 0.2) is 196 Å². The number of ether oxygens (including phenoxy) is 4. The van der Waals surface area contributed by atoms with Crippen molar-refractivity contribution in [1.29, 1.82) is 0 Å². The predicted molar refractivity (Wildman–Crippen MR) is 356 cm³/mol. The summed E-state index contributed by atoms with van der Waals surface area (Å²) in [4.78, 5) is 98.5. The number of nitrogens with zero attached hydrogens (tertiary/aromatic N) is 12. The van der Waals surface area contributed by atoms with Crippen LogP contribution >= 0.6 is 0 Å². The molecule has 25 heteroatoms. The van der Waals surface area contributed by atoms with Gasteiger partial charge in [0, 0.05) is 137 Å². The SMILES string of the molecule is Cc1cc(Oc2cncc(F)c2)cc(C(=O)Cc2cc(F)ccn2)n1.Cc1ccc(CC(=O)c2cc(Oc3cncc(F)c3)cc(C)n2)nc1.Cc1ccc(CC(=O)c2cc(Oc3cncc(F)c3)cc(C)n2)nc1.Cc1cccc(CC(=O)c2cc(Oc3cncc(F)c3)cc(C)n2)n1. The summed E-state index contributed by atoms with van der Waals surface area (Å²) < 4.78 is 88.3. The van der Waals surface area contributed by atoms with Gasteiger partial charge in [0.2, 0.25) is 0 Å². The molecule has 0 fully saturated rings. The second kappa shape index (κ2) is 34.3. The van der Waals surface area contributed by atoms with Crippen LogP contribution in [0.25, 0.3) is 0 Å². The van der Waals surface area contributed by atoms with E-state index in [1.54, 1.807) is 70.4 Å². The molecule has 0 aliphatic rings. The van der Waals surface area contributed by atoms with Gasteiger partial charge < -0.3 is 18.9 Å². The molecule has 12 heterocycles. The van der Waals surface area contributed by atoms with Gasteiger partial charge in [-0.05, 0) is 96.0 Å². The fourth-order valence-electron chi connectivity index (χ4n) is 9.16. The summed E-state index contributed by atoms with van der Waals surface area (Å²) in [5, 5.41) is 0. The number of hydrogen-bond acceptors (Lipinski definition) is 20. The topological polar surface area (TPSA) is 260 Å². The number of ketones is 4. The summed E-state index contributed by atoms with van der Waals surface area (Å²) in [5.41, 5.74) is 8.70. The first-order valence-corrected chi connectivity index (χ1v) is 30.5. The minimum atomic E-state index is -0.531. The van der Waals surface area contributed by atoms with Gasteiger partial charge in [0.1, 0.15) is 97.9 Å². The summed E-state index contributed by atoms with van der Waals surface area (Å²) >= 11 is 0. The maximum atomic E-state index is 13.2. The van der Waals surface area contributed by atoms with Crippen LogP contribution < -0.4 is 18.9 Å². The van der Waals surface area contributed by atoms with Gasteiger partial charge in [-0.15, -0.1) is 0 Å². The van der Waals surface area contributed by atoms with Crippen molar-refractivity contribution in [3.63, 3.8) is 0 Å². The monoisotopic (exact) mass is 1350 g/mol.